The fourth-order valence-electron chi connectivity index (χ4n) is 3.30. The second-order valence-electron chi connectivity index (χ2n) is 7.48. The highest BCUT2D eigenvalue weighted by Gasteiger charge is 2.40. The average Bonchev–Trinajstić information content (AvgIpc) is 3.31. The molecular formula is C18H20ClN5O9P2. The van der Waals surface area contributed by atoms with Gasteiger partial charge in [-0.1, -0.05) is 30.3 Å². The van der Waals surface area contributed by atoms with E-state index in [0.717, 1.165) is 5.56 Å². The van der Waals surface area contributed by atoms with Crippen LogP contribution in [-0.2, 0) is 24.9 Å². The molecule has 2 aromatic heterocycles. The number of anilines is 1. The van der Waals surface area contributed by atoms with Crippen LogP contribution < -0.4 is 5.32 Å². The largest absolute Gasteiger partial charge is 0.506 e. The van der Waals surface area contributed by atoms with Crippen molar-refractivity contribution < 1.29 is 43.3 Å². The molecular weight excluding hydrogens is 528 g/mol. The fraction of sp³-hybridized carbons (Fsp3) is 0.278. The first-order chi connectivity index (χ1) is 16.4. The molecule has 17 heteroatoms. The van der Waals surface area contributed by atoms with E-state index in [1.165, 1.54) is 10.9 Å². The van der Waals surface area contributed by atoms with E-state index in [4.69, 9.17) is 26.1 Å². The summed E-state index contributed by atoms with van der Waals surface area (Å²) in [5, 5.41) is 23.7. The maximum atomic E-state index is 11.9. The molecule has 6 N–H and O–H groups in total. The van der Waals surface area contributed by atoms with Crippen molar-refractivity contribution in [2.24, 2.45) is 0 Å². The van der Waals surface area contributed by atoms with Gasteiger partial charge in [0.1, 0.15) is 12.9 Å². The number of aliphatic hydroxyl groups is 2. The zero-order valence-electron chi connectivity index (χ0n) is 17.7. The molecule has 188 valence electrons. The highest BCUT2D eigenvalue weighted by atomic mass is 35.5. The molecule has 0 saturated carbocycles. The van der Waals surface area contributed by atoms with Crippen molar-refractivity contribution in [3.8, 4) is 0 Å². The Morgan fingerprint density at radius 2 is 1.89 bits per heavy atom. The molecule has 1 aromatic carbocycles. The molecule has 1 aliphatic heterocycles. The predicted molar refractivity (Wildman–Crippen MR) is 123 cm³/mol. The third kappa shape index (κ3) is 6.00. The standard InChI is InChI=1S/C18H20ClN5O9P2/c19-18-22-15(20-6-10-4-2-1-3-5-10)12-16(23-18)24(8-21-12)17-14(26)13(25)11(33-17)7-32-35(30,31)9-34(27,28)29/h1-5,8,14,17,25-26H,6-7,9H2,(H,30,31)(H,20,22,23)(H2,27,28,29)/t14?,17-/m1/s1. The lowest BCUT2D eigenvalue weighted by Crippen LogP contribution is -2.22. The smallest absolute Gasteiger partial charge is 0.340 e. The van der Waals surface area contributed by atoms with Crippen LogP contribution in [0, 0.1) is 0 Å². The van der Waals surface area contributed by atoms with Crippen molar-refractivity contribution in [2.75, 3.05) is 17.8 Å². The van der Waals surface area contributed by atoms with E-state index in [0.29, 0.717) is 17.9 Å². The number of rotatable bonds is 9. The van der Waals surface area contributed by atoms with Crippen LogP contribution >= 0.6 is 26.8 Å². The summed E-state index contributed by atoms with van der Waals surface area (Å²) in [6, 6.07) is 9.48. The zero-order valence-corrected chi connectivity index (χ0v) is 20.2. The molecule has 2 unspecified atom stereocenters. The van der Waals surface area contributed by atoms with Gasteiger partial charge in [-0.05, 0) is 17.2 Å². The number of aliphatic hydroxyl groups excluding tert-OH is 2. The van der Waals surface area contributed by atoms with Crippen LogP contribution in [0.15, 0.2) is 48.2 Å². The number of hydrogen-bond acceptors (Lipinski definition) is 10. The molecule has 0 fully saturated rings. The van der Waals surface area contributed by atoms with Crippen LogP contribution in [-0.4, -0.2) is 63.0 Å². The number of nitrogens with one attached hydrogen (secondary N) is 1. The van der Waals surface area contributed by atoms with Gasteiger partial charge in [0.25, 0.3) is 0 Å². The molecule has 0 bridgehead atoms. The number of aromatic nitrogens is 4. The van der Waals surface area contributed by atoms with Crippen LogP contribution in [0.2, 0.25) is 5.28 Å². The van der Waals surface area contributed by atoms with Gasteiger partial charge < -0.3 is 34.9 Å². The lowest BCUT2D eigenvalue weighted by Gasteiger charge is -2.18. The maximum absolute atomic E-state index is 11.9. The summed E-state index contributed by atoms with van der Waals surface area (Å²) in [6.45, 7) is -0.419. The summed E-state index contributed by atoms with van der Waals surface area (Å²) in [6.07, 6.45) is -1.66. The molecule has 4 rings (SSSR count). The Bertz CT molecular complexity index is 1360. The van der Waals surface area contributed by atoms with E-state index in [9.17, 15) is 24.2 Å². The first-order valence-corrected chi connectivity index (χ1v) is 13.8. The summed E-state index contributed by atoms with van der Waals surface area (Å²) in [5.74, 6) is -2.21. The van der Waals surface area contributed by atoms with E-state index in [-0.39, 0.29) is 10.9 Å². The summed E-state index contributed by atoms with van der Waals surface area (Å²) in [7, 11) is -9.56. The minimum Gasteiger partial charge on any atom is -0.506 e. The van der Waals surface area contributed by atoms with Gasteiger partial charge in [0, 0.05) is 6.54 Å². The van der Waals surface area contributed by atoms with Crippen LogP contribution in [0.1, 0.15) is 11.8 Å². The molecule has 0 saturated heterocycles. The summed E-state index contributed by atoms with van der Waals surface area (Å²) >= 11 is 6.08. The van der Waals surface area contributed by atoms with Gasteiger partial charge in [0.2, 0.25) is 11.5 Å². The first kappa shape index (κ1) is 25.5. The minimum atomic E-state index is -4.84. The van der Waals surface area contributed by atoms with E-state index < -0.39 is 51.6 Å². The van der Waals surface area contributed by atoms with Gasteiger partial charge >= 0.3 is 15.2 Å². The Morgan fingerprint density at radius 1 is 1.17 bits per heavy atom. The summed E-state index contributed by atoms with van der Waals surface area (Å²) in [5.41, 5.74) is 1.43. The van der Waals surface area contributed by atoms with Crippen molar-refractivity contribution in [1.29, 1.82) is 0 Å². The molecule has 0 radical (unpaired) electrons. The average molecular weight is 548 g/mol. The number of benzene rings is 1. The number of imidazole rings is 1. The van der Waals surface area contributed by atoms with Crippen LogP contribution in [0.5, 0.6) is 0 Å². The zero-order chi connectivity index (χ0) is 25.4. The Labute approximate surface area is 202 Å². The molecule has 0 aliphatic carbocycles. The Balaban J connectivity index is 1.53. The first-order valence-electron chi connectivity index (χ1n) is 9.89. The predicted octanol–water partition coefficient (Wildman–Crippen LogP) is 2.09. The van der Waals surface area contributed by atoms with E-state index in [2.05, 4.69) is 24.8 Å². The van der Waals surface area contributed by atoms with Gasteiger partial charge in [-0.15, -0.1) is 0 Å². The van der Waals surface area contributed by atoms with Gasteiger partial charge in [-0.25, -0.2) is 4.98 Å². The van der Waals surface area contributed by atoms with Gasteiger partial charge in [-0.3, -0.25) is 18.2 Å². The highest BCUT2D eigenvalue weighted by Crippen LogP contribution is 2.55. The Morgan fingerprint density at radius 3 is 2.57 bits per heavy atom. The van der Waals surface area contributed by atoms with E-state index in [1.54, 1.807) is 0 Å². The SMILES string of the molecule is O=P(O)(O)CP(=O)(O)OCC1=C(O)C(O)[C@H](n2cnc3c(NCc4ccccc4)nc(Cl)nc32)O1. The molecule has 3 atom stereocenters. The number of fused-ring (bicyclic) bond motifs is 1. The quantitative estimate of drug-likeness (QED) is 0.168. The number of hydrogen-bond donors (Lipinski definition) is 6. The van der Waals surface area contributed by atoms with Gasteiger partial charge in [0.05, 0.1) is 0 Å². The molecule has 1 aliphatic rings. The third-order valence-electron chi connectivity index (χ3n) is 4.83. The van der Waals surface area contributed by atoms with Crippen LogP contribution in [0.4, 0.5) is 5.82 Å². The lowest BCUT2D eigenvalue weighted by atomic mass is 10.2. The third-order valence-corrected chi connectivity index (χ3v) is 8.44. The monoisotopic (exact) mass is 547 g/mol. The molecule has 14 nitrogen and oxygen atoms in total. The van der Waals surface area contributed by atoms with Crippen LogP contribution in [0.25, 0.3) is 11.2 Å². The van der Waals surface area contributed by atoms with Gasteiger partial charge in [-0.2, -0.15) is 9.97 Å². The fourth-order valence-corrected chi connectivity index (χ4v) is 5.97. The summed E-state index contributed by atoms with van der Waals surface area (Å²) in [4.78, 5) is 39.9. The minimum absolute atomic E-state index is 0.123. The molecule has 35 heavy (non-hydrogen) atoms. The lowest BCUT2D eigenvalue weighted by molar-refractivity contribution is -0.0112. The topological polar surface area (TPSA) is 209 Å². The molecule has 0 amide bonds. The van der Waals surface area contributed by atoms with Crippen LogP contribution in [0.3, 0.4) is 0 Å². The molecule has 0 spiro atoms. The van der Waals surface area contributed by atoms with Crippen molar-refractivity contribution in [2.45, 2.75) is 18.9 Å². The second kappa shape index (κ2) is 9.84. The van der Waals surface area contributed by atoms with Crippen molar-refractivity contribution in [3.63, 3.8) is 0 Å². The summed E-state index contributed by atoms with van der Waals surface area (Å²) < 4.78 is 34.3. The second-order valence-corrected chi connectivity index (χ2v) is 11.8. The van der Waals surface area contributed by atoms with E-state index in [1.807, 2.05) is 30.3 Å². The van der Waals surface area contributed by atoms with Crippen molar-refractivity contribution >= 4 is 43.8 Å². The Kier molecular flexibility index (Phi) is 7.18. The van der Waals surface area contributed by atoms with Crippen molar-refractivity contribution in [1.82, 2.24) is 19.5 Å². The van der Waals surface area contributed by atoms with Gasteiger partial charge in [0.15, 0.2) is 40.5 Å². The number of ether oxygens (including phenoxy) is 1. The number of nitrogens with zero attached hydrogens (tertiary/aromatic N) is 4. The van der Waals surface area contributed by atoms with Crippen molar-refractivity contribution in [3.05, 3.63) is 59.0 Å². The normalized spacial score (nSPS) is 20.1. The Hall–Kier alpha value is -2.54. The maximum Gasteiger partial charge on any atom is 0.340 e. The number of halogens is 1. The highest BCUT2D eigenvalue weighted by molar-refractivity contribution is 7.70. The molecule has 3 aromatic rings. The van der Waals surface area contributed by atoms with E-state index >= 15 is 0 Å². The molecule has 3 heterocycles.